The molecular weight excluding hydrogens is 410 g/mol. The Hall–Kier alpha value is -2.74. The highest BCUT2D eigenvalue weighted by molar-refractivity contribution is 7.89. The summed E-state index contributed by atoms with van der Waals surface area (Å²) in [5.41, 5.74) is 1.61. The second kappa shape index (κ2) is 9.18. The van der Waals surface area contributed by atoms with Gasteiger partial charge in [0.2, 0.25) is 15.9 Å². The van der Waals surface area contributed by atoms with Gasteiger partial charge in [-0.1, -0.05) is 48.5 Å². The molecule has 1 amide bonds. The van der Waals surface area contributed by atoms with Crippen LogP contribution < -0.4 is 10.6 Å². The summed E-state index contributed by atoms with van der Waals surface area (Å²) in [5.74, 6) is -0.220. The van der Waals surface area contributed by atoms with E-state index < -0.39 is 10.0 Å². The minimum absolute atomic E-state index is 0.0151. The number of hydrogen-bond acceptors (Lipinski definition) is 4. The monoisotopic (exact) mass is 437 g/mol. The van der Waals surface area contributed by atoms with Crippen LogP contribution in [0.4, 0.5) is 5.69 Å². The van der Waals surface area contributed by atoms with E-state index in [1.165, 1.54) is 10.4 Å². The minimum atomic E-state index is -3.51. The van der Waals surface area contributed by atoms with Gasteiger partial charge in [-0.3, -0.25) is 4.79 Å². The molecule has 0 unspecified atom stereocenters. The molecule has 3 aromatic carbocycles. The Morgan fingerprint density at radius 3 is 2.52 bits per heavy atom. The van der Waals surface area contributed by atoms with Gasteiger partial charge >= 0.3 is 0 Å². The van der Waals surface area contributed by atoms with Gasteiger partial charge in [-0.25, -0.2) is 8.42 Å². The summed E-state index contributed by atoms with van der Waals surface area (Å²) in [6.07, 6.45) is 1.77. The van der Waals surface area contributed by atoms with E-state index in [0.717, 1.165) is 29.2 Å². The quantitative estimate of drug-likeness (QED) is 0.587. The molecule has 2 N–H and O–H groups in total. The Bertz CT molecular complexity index is 1180. The first-order valence-electron chi connectivity index (χ1n) is 10.6. The number of fused-ring (bicyclic) bond motifs is 1. The molecule has 31 heavy (non-hydrogen) atoms. The lowest BCUT2D eigenvalue weighted by Crippen LogP contribution is -2.30. The van der Waals surface area contributed by atoms with Crippen LogP contribution in [-0.2, 0) is 14.8 Å². The van der Waals surface area contributed by atoms with Crippen LogP contribution in [0.15, 0.2) is 71.6 Å². The molecule has 0 aromatic heterocycles. The molecule has 4 rings (SSSR count). The van der Waals surface area contributed by atoms with Crippen molar-refractivity contribution < 1.29 is 13.2 Å². The molecule has 0 bridgehead atoms. The molecule has 0 spiro atoms. The Morgan fingerprint density at radius 1 is 1.00 bits per heavy atom. The van der Waals surface area contributed by atoms with E-state index in [0.29, 0.717) is 18.8 Å². The van der Waals surface area contributed by atoms with E-state index in [1.807, 2.05) is 25.1 Å². The van der Waals surface area contributed by atoms with Gasteiger partial charge in [-0.15, -0.1) is 0 Å². The molecule has 6 nitrogen and oxygen atoms in total. The van der Waals surface area contributed by atoms with E-state index in [9.17, 15) is 13.2 Å². The Kier molecular flexibility index (Phi) is 6.36. The lowest BCUT2D eigenvalue weighted by molar-refractivity contribution is -0.115. The lowest BCUT2D eigenvalue weighted by Gasteiger charge is -2.17. The van der Waals surface area contributed by atoms with Crippen LogP contribution in [0.1, 0.15) is 31.4 Å². The maximum Gasteiger partial charge on any atom is 0.243 e. The van der Waals surface area contributed by atoms with Crippen LogP contribution in [0.3, 0.4) is 0 Å². The third-order valence-corrected chi connectivity index (χ3v) is 7.57. The number of nitrogens with zero attached hydrogens (tertiary/aromatic N) is 1. The van der Waals surface area contributed by atoms with Crippen molar-refractivity contribution in [2.75, 3.05) is 25.0 Å². The summed E-state index contributed by atoms with van der Waals surface area (Å²) in [6, 6.07) is 20.8. The number of carbonyl (C=O) groups is 1. The standard InChI is InChI=1S/C24H27N3O3S/c1-18(22-13-6-9-19-8-2-3-12-23(19)22)25-17-24(28)26-20-10-7-11-21(16-20)31(29,30)27-14-4-5-15-27/h2-3,6-13,16,18,25H,4-5,14-15,17H2,1H3,(H,26,28)/t18-/m0/s1. The minimum Gasteiger partial charge on any atom is -0.325 e. The average Bonchev–Trinajstić information content (AvgIpc) is 3.33. The largest absolute Gasteiger partial charge is 0.325 e. The van der Waals surface area contributed by atoms with E-state index in [1.54, 1.807) is 18.2 Å². The van der Waals surface area contributed by atoms with Gasteiger partial charge in [-0.05, 0) is 54.3 Å². The van der Waals surface area contributed by atoms with E-state index in [-0.39, 0.29) is 23.4 Å². The maximum atomic E-state index is 12.8. The topological polar surface area (TPSA) is 78.5 Å². The van der Waals surface area contributed by atoms with Crippen molar-refractivity contribution in [2.45, 2.75) is 30.7 Å². The van der Waals surface area contributed by atoms with Crippen molar-refractivity contribution in [1.29, 1.82) is 0 Å². The van der Waals surface area contributed by atoms with Crippen LogP contribution in [0.5, 0.6) is 0 Å². The van der Waals surface area contributed by atoms with Gasteiger partial charge in [0, 0.05) is 24.8 Å². The highest BCUT2D eigenvalue weighted by Crippen LogP contribution is 2.25. The third kappa shape index (κ3) is 4.79. The van der Waals surface area contributed by atoms with Crippen LogP contribution in [-0.4, -0.2) is 38.3 Å². The van der Waals surface area contributed by atoms with Gasteiger partial charge in [0.1, 0.15) is 0 Å². The van der Waals surface area contributed by atoms with Crippen molar-refractivity contribution in [3.8, 4) is 0 Å². The van der Waals surface area contributed by atoms with E-state index in [4.69, 9.17) is 0 Å². The van der Waals surface area contributed by atoms with Gasteiger partial charge in [0.25, 0.3) is 0 Å². The summed E-state index contributed by atoms with van der Waals surface area (Å²) >= 11 is 0. The molecule has 0 radical (unpaired) electrons. The highest BCUT2D eigenvalue weighted by atomic mass is 32.2. The number of rotatable bonds is 7. The van der Waals surface area contributed by atoms with Gasteiger partial charge in [0.05, 0.1) is 11.4 Å². The molecular formula is C24H27N3O3S. The van der Waals surface area contributed by atoms with Crippen LogP contribution >= 0.6 is 0 Å². The van der Waals surface area contributed by atoms with Gasteiger partial charge in [-0.2, -0.15) is 4.31 Å². The highest BCUT2D eigenvalue weighted by Gasteiger charge is 2.27. The number of benzene rings is 3. The normalized spacial score (nSPS) is 15.8. The average molecular weight is 438 g/mol. The lowest BCUT2D eigenvalue weighted by atomic mass is 10.00. The summed E-state index contributed by atoms with van der Waals surface area (Å²) < 4.78 is 27.0. The van der Waals surface area contributed by atoms with E-state index >= 15 is 0 Å². The molecule has 3 aromatic rings. The number of hydrogen-bond donors (Lipinski definition) is 2. The summed E-state index contributed by atoms with van der Waals surface area (Å²) in [5, 5.41) is 8.39. The zero-order valence-corrected chi connectivity index (χ0v) is 18.4. The molecule has 0 saturated carbocycles. The molecule has 7 heteroatoms. The SMILES string of the molecule is C[C@H](NCC(=O)Nc1cccc(S(=O)(=O)N2CCCC2)c1)c1cccc2ccccc12. The van der Waals surface area contributed by atoms with E-state index in [2.05, 4.69) is 34.9 Å². The molecule has 0 aliphatic carbocycles. The van der Waals surface area contributed by atoms with Crippen molar-refractivity contribution in [1.82, 2.24) is 9.62 Å². The first-order valence-corrected chi connectivity index (χ1v) is 12.0. The van der Waals surface area contributed by atoms with Crippen LogP contribution in [0.2, 0.25) is 0 Å². The number of carbonyl (C=O) groups excluding carboxylic acids is 1. The summed E-state index contributed by atoms with van der Waals surface area (Å²) in [6.45, 7) is 3.25. The zero-order valence-electron chi connectivity index (χ0n) is 17.5. The smallest absolute Gasteiger partial charge is 0.243 e. The Balaban J connectivity index is 1.40. The number of nitrogens with one attached hydrogen (secondary N) is 2. The second-order valence-electron chi connectivity index (χ2n) is 7.86. The molecule has 1 heterocycles. The second-order valence-corrected chi connectivity index (χ2v) is 9.80. The van der Waals surface area contributed by atoms with Crippen molar-refractivity contribution >= 4 is 32.4 Å². The molecule has 1 saturated heterocycles. The Morgan fingerprint density at radius 2 is 1.71 bits per heavy atom. The van der Waals surface area contributed by atoms with Crippen LogP contribution in [0, 0.1) is 0 Å². The van der Waals surface area contributed by atoms with Crippen molar-refractivity contribution in [3.05, 3.63) is 72.3 Å². The molecule has 1 atom stereocenters. The zero-order chi connectivity index (χ0) is 21.8. The van der Waals surface area contributed by atoms with Gasteiger partial charge < -0.3 is 10.6 Å². The Labute approximate surface area is 183 Å². The van der Waals surface area contributed by atoms with Crippen molar-refractivity contribution in [2.24, 2.45) is 0 Å². The predicted molar refractivity (Wildman–Crippen MR) is 123 cm³/mol. The fraction of sp³-hybridized carbons (Fsp3) is 0.292. The predicted octanol–water partition coefficient (Wildman–Crippen LogP) is 3.91. The van der Waals surface area contributed by atoms with Crippen LogP contribution in [0.25, 0.3) is 10.8 Å². The molecule has 1 aliphatic heterocycles. The maximum absolute atomic E-state index is 12.8. The molecule has 1 fully saturated rings. The molecule has 1 aliphatic rings. The first kappa shape index (κ1) is 21.5. The third-order valence-electron chi connectivity index (χ3n) is 5.68. The summed E-state index contributed by atoms with van der Waals surface area (Å²) in [7, 11) is -3.51. The number of amides is 1. The van der Waals surface area contributed by atoms with Crippen molar-refractivity contribution in [3.63, 3.8) is 0 Å². The fourth-order valence-corrected chi connectivity index (χ4v) is 5.56. The molecule has 162 valence electrons. The fourth-order valence-electron chi connectivity index (χ4n) is 4.00. The number of anilines is 1. The first-order chi connectivity index (χ1) is 14.9. The summed E-state index contributed by atoms with van der Waals surface area (Å²) in [4.78, 5) is 12.7. The van der Waals surface area contributed by atoms with Gasteiger partial charge in [0.15, 0.2) is 0 Å². The number of sulfonamides is 1.